The Morgan fingerprint density at radius 2 is 2.07 bits per heavy atom. The lowest BCUT2D eigenvalue weighted by Gasteiger charge is -2.20. The summed E-state index contributed by atoms with van der Waals surface area (Å²) in [6, 6.07) is 0.448. The van der Waals surface area contributed by atoms with Crippen LogP contribution >= 0.6 is 0 Å². The first-order valence-corrected chi connectivity index (χ1v) is 5.50. The minimum Gasteiger partial charge on any atom is -0.368 e. The molecule has 1 aliphatic heterocycles. The Kier molecular flexibility index (Phi) is 2.17. The topological polar surface area (TPSA) is 49.8 Å². The summed E-state index contributed by atoms with van der Waals surface area (Å²) in [5, 5.41) is 6.48. The van der Waals surface area contributed by atoms with Gasteiger partial charge in [-0.3, -0.25) is 9.89 Å². The van der Waals surface area contributed by atoms with Crippen LogP contribution in [0.25, 0.3) is 0 Å². The molecule has 4 heteroatoms. The van der Waals surface area contributed by atoms with Crippen molar-refractivity contribution in [3.05, 3.63) is 15.9 Å². The lowest BCUT2D eigenvalue weighted by molar-refractivity contribution is 0.346. The number of rotatable bonds is 0. The van der Waals surface area contributed by atoms with Crippen molar-refractivity contribution in [3.63, 3.8) is 0 Å². The Morgan fingerprint density at radius 1 is 1.40 bits per heavy atom. The van der Waals surface area contributed by atoms with E-state index in [1.54, 1.807) is 4.68 Å². The zero-order chi connectivity index (χ0) is 11.2. The number of fused-ring (bicyclic) bond motifs is 1. The molecule has 0 aromatic carbocycles. The number of aromatic nitrogens is 2. The molecule has 0 aliphatic carbocycles. The number of nitrogens with zero attached hydrogens (tertiary/aromatic N) is 1. The summed E-state index contributed by atoms with van der Waals surface area (Å²) in [5.74, 6) is 0.911. The van der Waals surface area contributed by atoms with Gasteiger partial charge in [-0.05, 0) is 40.5 Å². The predicted molar refractivity (Wildman–Crippen MR) is 61.5 cm³/mol. The molecule has 2 N–H and O–H groups in total. The molecule has 0 saturated heterocycles. The van der Waals surface area contributed by atoms with Gasteiger partial charge in [-0.15, -0.1) is 0 Å². The zero-order valence-corrected chi connectivity index (χ0v) is 9.85. The second-order valence-corrected chi connectivity index (χ2v) is 5.36. The van der Waals surface area contributed by atoms with Gasteiger partial charge in [0.15, 0.2) is 0 Å². The van der Waals surface area contributed by atoms with Gasteiger partial charge in [0.2, 0.25) is 0 Å². The van der Waals surface area contributed by atoms with Crippen LogP contribution in [-0.2, 0) is 12.0 Å². The second kappa shape index (κ2) is 3.15. The largest absolute Gasteiger partial charge is 0.368 e. The Balaban J connectivity index is 2.50. The van der Waals surface area contributed by atoms with Crippen molar-refractivity contribution in [2.45, 2.75) is 52.1 Å². The van der Waals surface area contributed by atoms with Crippen LogP contribution in [0.4, 0.5) is 5.82 Å². The van der Waals surface area contributed by atoms with Crippen LogP contribution in [0.5, 0.6) is 0 Å². The van der Waals surface area contributed by atoms with Crippen molar-refractivity contribution >= 4 is 5.82 Å². The van der Waals surface area contributed by atoms with E-state index in [0.29, 0.717) is 6.04 Å². The number of hydrogen-bond acceptors (Lipinski definition) is 2. The normalized spacial score (nSPS) is 20.9. The maximum atomic E-state index is 12.1. The van der Waals surface area contributed by atoms with Crippen molar-refractivity contribution in [1.82, 2.24) is 9.78 Å². The molecule has 1 aliphatic rings. The SMILES string of the molecule is C[C@@H]1CCc2c([nH]n(C(C)(C)C)c2=O)N1. The Hall–Kier alpha value is -1.19. The van der Waals surface area contributed by atoms with Crippen molar-refractivity contribution in [3.8, 4) is 0 Å². The molecule has 0 amide bonds. The Labute approximate surface area is 89.7 Å². The van der Waals surface area contributed by atoms with Gasteiger partial charge < -0.3 is 5.32 Å². The van der Waals surface area contributed by atoms with E-state index in [9.17, 15) is 4.79 Å². The highest BCUT2D eigenvalue weighted by Crippen LogP contribution is 2.22. The maximum Gasteiger partial charge on any atom is 0.272 e. The molecule has 4 nitrogen and oxygen atoms in total. The number of nitrogens with one attached hydrogen (secondary N) is 2. The molecular formula is C11H19N3O. The van der Waals surface area contributed by atoms with Crippen LogP contribution < -0.4 is 10.9 Å². The van der Waals surface area contributed by atoms with Crippen molar-refractivity contribution in [2.75, 3.05) is 5.32 Å². The van der Waals surface area contributed by atoms with Crippen LogP contribution in [0.1, 0.15) is 39.7 Å². The Bertz CT molecular complexity index is 422. The van der Waals surface area contributed by atoms with Crippen molar-refractivity contribution in [1.29, 1.82) is 0 Å². The highest BCUT2D eigenvalue weighted by Gasteiger charge is 2.25. The molecule has 0 fully saturated rings. The van der Waals surface area contributed by atoms with Crippen LogP contribution in [-0.4, -0.2) is 15.8 Å². The molecule has 2 heterocycles. The summed E-state index contributed by atoms with van der Waals surface area (Å²) < 4.78 is 1.71. The van der Waals surface area contributed by atoms with E-state index in [0.717, 1.165) is 24.2 Å². The molecule has 1 aromatic heterocycles. The fraction of sp³-hybridized carbons (Fsp3) is 0.727. The molecule has 1 atom stereocenters. The molecule has 84 valence electrons. The van der Waals surface area contributed by atoms with E-state index in [4.69, 9.17) is 0 Å². The lowest BCUT2D eigenvalue weighted by atomic mass is 10.0. The molecule has 0 saturated carbocycles. The van der Waals surface area contributed by atoms with E-state index in [2.05, 4.69) is 17.3 Å². The van der Waals surface area contributed by atoms with Gasteiger partial charge in [-0.2, -0.15) is 0 Å². The summed E-state index contributed by atoms with van der Waals surface area (Å²) >= 11 is 0. The highest BCUT2D eigenvalue weighted by atomic mass is 16.1. The van der Waals surface area contributed by atoms with Gasteiger partial charge >= 0.3 is 0 Å². The number of aromatic amines is 1. The van der Waals surface area contributed by atoms with E-state index >= 15 is 0 Å². The standard InChI is InChI=1S/C11H19N3O/c1-7-5-6-8-9(12-7)13-14(10(8)15)11(2,3)4/h7,12-13H,5-6H2,1-4H3/t7-/m1/s1. The van der Waals surface area contributed by atoms with Gasteiger partial charge in [-0.25, -0.2) is 4.68 Å². The molecule has 15 heavy (non-hydrogen) atoms. The summed E-state index contributed by atoms with van der Waals surface area (Å²) in [4.78, 5) is 12.1. The lowest BCUT2D eigenvalue weighted by Crippen LogP contribution is -2.33. The van der Waals surface area contributed by atoms with E-state index in [1.807, 2.05) is 20.8 Å². The van der Waals surface area contributed by atoms with Gasteiger partial charge in [0, 0.05) is 6.04 Å². The predicted octanol–water partition coefficient (Wildman–Crippen LogP) is 1.68. The average Bonchev–Trinajstić information content (AvgIpc) is 2.42. The molecule has 0 radical (unpaired) electrons. The number of H-pyrrole nitrogens is 1. The van der Waals surface area contributed by atoms with E-state index in [1.165, 1.54) is 0 Å². The van der Waals surface area contributed by atoms with Gasteiger partial charge in [0.25, 0.3) is 5.56 Å². The smallest absolute Gasteiger partial charge is 0.272 e. The number of anilines is 1. The quantitative estimate of drug-likeness (QED) is 0.683. The van der Waals surface area contributed by atoms with E-state index in [-0.39, 0.29) is 11.1 Å². The van der Waals surface area contributed by atoms with Crippen molar-refractivity contribution in [2.24, 2.45) is 0 Å². The summed E-state index contributed by atoms with van der Waals surface area (Å²) in [6.45, 7) is 8.22. The summed E-state index contributed by atoms with van der Waals surface area (Å²) in [7, 11) is 0. The molecule has 0 spiro atoms. The first-order chi connectivity index (χ1) is 6.89. The van der Waals surface area contributed by atoms with Crippen LogP contribution in [0.3, 0.4) is 0 Å². The maximum absolute atomic E-state index is 12.1. The van der Waals surface area contributed by atoms with Crippen LogP contribution in [0.2, 0.25) is 0 Å². The van der Waals surface area contributed by atoms with Crippen LogP contribution in [0.15, 0.2) is 4.79 Å². The highest BCUT2D eigenvalue weighted by molar-refractivity contribution is 5.46. The summed E-state index contributed by atoms with van der Waals surface area (Å²) in [6.07, 6.45) is 1.91. The fourth-order valence-electron chi connectivity index (χ4n) is 1.98. The minimum absolute atomic E-state index is 0.122. The third-order valence-electron chi connectivity index (χ3n) is 2.88. The molecular weight excluding hydrogens is 190 g/mol. The number of hydrogen-bond donors (Lipinski definition) is 2. The molecule has 2 rings (SSSR count). The summed E-state index contributed by atoms with van der Waals surface area (Å²) in [5.41, 5.74) is 0.846. The van der Waals surface area contributed by atoms with E-state index < -0.39 is 0 Å². The Morgan fingerprint density at radius 3 is 2.67 bits per heavy atom. The van der Waals surface area contributed by atoms with Gasteiger partial charge in [0.1, 0.15) is 5.82 Å². The monoisotopic (exact) mass is 209 g/mol. The third kappa shape index (κ3) is 1.68. The third-order valence-corrected chi connectivity index (χ3v) is 2.88. The van der Waals surface area contributed by atoms with Gasteiger partial charge in [-0.1, -0.05) is 0 Å². The average molecular weight is 209 g/mol. The second-order valence-electron chi connectivity index (χ2n) is 5.36. The molecule has 0 unspecified atom stereocenters. The van der Waals surface area contributed by atoms with Crippen LogP contribution in [0, 0.1) is 0 Å². The van der Waals surface area contributed by atoms with Crippen molar-refractivity contribution < 1.29 is 0 Å². The first kappa shape index (κ1) is 10.3. The molecule has 0 bridgehead atoms. The minimum atomic E-state index is -0.181. The molecule has 1 aromatic rings. The fourth-order valence-corrected chi connectivity index (χ4v) is 1.98. The zero-order valence-electron chi connectivity index (χ0n) is 9.85. The first-order valence-electron chi connectivity index (χ1n) is 5.50. The van der Waals surface area contributed by atoms with Gasteiger partial charge in [0.05, 0.1) is 11.1 Å².